The molecule has 0 saturated heterocycles. The van der Waals surface area contributed by atoms with Gasteiger partial charge in [0.05, 0.1) is 11.0 Å². The summed E-state index contributed by atoms with van der Waals surface area (Å²) in [6.45, 7) is 6.69. The third-order valence-electron chi connectivity index (χ3n) is 6.58. The lowest BCUT2D eigenvalue weighted by atomic mass is 9.93. The van der Waals surface area contributed by atoms with E-state index in [2.05, 4.69) is 28.9 Å². The van der Waals surface area contributed by atoms with E-state index in [4.69, 9.17) is 4.98 Å². The molecule has 6 heteroatoms. The number of amides is 2. The molecule has 1 saturated carbocycles. The van der Waals surface area contributed by atoms with Gasteiger partial charge in [-0.2, -0.15) is 0 Å². The molecule has 0 spiro atoms. The summed E-state index contributed by atoms with van der Waals surface area (Å²) in [5, 5.41) is 2.88. The SMILES string of the molecule is C=C(C)C(=O)NCCc1nc2ccccc2n1CC(=O)N(Cc1ccccc1)C1CCCCC1. The molecule has 2 amide bonds. The topological polar surface area (TPSA) is 67.2 Å². The van der Waals surface area contributed by atoms with Gasteiger partial charge in [-0.1, -0.05) is 68.3 Å². The zero-order valence-corrected chi connectivity index (χ0v) is 20.0. The van der Waals surface area contributed by atoms with Crippen molar-refractivity contribution in [1.29, 1.82) is 0 Å². The van der Waals surface area contributed by atoms with Crippen LogP contribution < -0.4 is 5.32 Å². The van der Waals surface area contributed by atoms with Gasteiger partial charge in [0.25, 0.3) is 0 Å². The van der Waals surface area contributed by atoms with E-state index in [0.717, 1.165) is 35.3 Å². The van der Waals surface area contributed by atoms with Crippen LogP contribution in [-0.4, -0.2) is 38.9 Å². The van der Waals surface area contributed by atoms with Gasteiger partial charge in [-0.15, -0.1) is 0 Å². The van der Waals surface area contributed by atoms with Gasteiger partial charge in [0.2, 0.25) is 11.8 Å². The standard InChI is InChI=1S/C28H34N4O2/c1-21(2)28(34)29-18-17-26-30-24-15-9-10-16-25(24)32(26)20-27(33)31(23-13-7-4-8-14-23)19-22-11-5-3-6-12-22/h3,5-6,9-12,15-16,23H,1,4,7-8,13-14,17-20H2,2H3,(H,29,34). The Hall–Kier alpha value is -3.41. The van der Waals surface area contributed by atoms with E-state index < -0.39 is 0 Å². The summed E-state index contributed by atoms with van der Waals surface area (Å²) >= 11 is 0. The third kappa shape index (κ3) is 5.74. The van der Waals surface area contributed by atoms with Crippen LogP contribution in [0.4, 0.5) is 0 Å². The second kappa shape index (κ2) is 11.1. The molecule has 0 radical (unpaired) electrons. The number of aromatic nitrogens is 2. The highest BCUT2D eigenvalue weighted by atomic mass is 16.2. The Balaban J connectivity index is 1.57. The fraction of sp³-hybridized carbons (Fsp3) is 0.393. The van der Waals surface area contributed by atoms with Crippen LogP contribution in [0.1, 0.15) is 50.4 Å². The van der Waals surface area contributed by atoms with Crippen LogP contribution in [-0.2, 0) is 29.1 Å². The van der Waals surface area contributed by atoms with Crippen molar-refractivity contribution in [2.24, 2.45) is 0 Å². The third-order valence-corrected chi connectivity index (χ3v) is 6.58. The number of benzene rings is 2. The number of nitrogens with one attached hydrogen (secondary N) is 1. The second-order valence-electron chi connectivity index (χ2n) is 9.19. The maximum Gasteiger partial charge on any atom is 0.246 e. The molecule has 0 bridgehead atoms. The van der Waals surface area contributed by atoms with Crippen LogP contribution in [0, 0.1) is 0 Å². The number of hydrogen-bond donors (Lipinski definition) is 1. The van der Waals surface area contributed by atoms with Crippen LogP contribution in [0.25, 0.3) is 11.0 Å². The van der Waals surface area contributed by atoms with Crippen molar-refractivity contribution in [2.75, 3.05) is 6.54 Å². The second-order valence-corrected chi connectivity index (χ2v) is 9.19. The smallest absolute Gasteiger partial charge is 0.246 e. The highest BCUT2D eigenvalue weighted by molar-refractivity contribution is 5.92. The minimum Gasteiger partial charge on any atom is -0.352 e. The molecule has 1 fully saturated rings. The number of nitrogens with zero attached hydrogens (tertiary/aromatic N) is 3. The van der Waals surface area contributed by atoms with E-state index in [1.165, 1.54) is 19.3 Å². The van der Waals surface area contributed by atoms with Gasteiger partial charge >= 0.3 is 0 Å². The van der Waals surface area contributed by atoms with Crippen molar-refractivity contribution < 1.29 is 9.59 Å². The van der Waals surface area contributed by atoms with Crippen molar-refractivity contribution in [3.8, 4) is 0 Å². The first-order valence-corrected chi connectivity index (χ1v) is 12.2. The Morgan fingerprint density at radius 1 is 1.06 bits per heavy atom. The minimum atomic E-state index is -0.162. The molecule has 0 atom stereocenters. The molecule has 3 aromatic rings. The van der Waals surface area contributed by atoms with Gasteiger partial charge in [0.1, 0.15) is 12.4 Å². The van der Waals surface area contributed by atoms with Crippen molar-refractivity contribution in [1.82, 2.24) is 19.8 Å². The number of fused-ring (bicyclic) bond motifs is 1. The van der Waals surface area contributed by atoms with E-state index in [-0.39, 0.29) is 24.4 Å². The molecule has 2 aromatic carbocycles. The highest BCUT2D eigenvalue weighted by Crippen LogP contribution is 2.25. The van der Waals surface area contributed by atoms with Crippen molar-refractivity contribution in [3.05, 3.63) is 78.1 Å². The number of carbonyl (C=O) groups is 2. The molecule has 6 nitrogen and oxygen atoms in total. The maximum absolute atomic E-state index is 13.8. The van der Waals surface area contributed by atoms with E-state index in [1.807, 2.05) is 47.0 Å². The first-order chi connectivity index (χ1) is 16.5. The van der Waals surface area contributed by atoms with Crippen LogP contribution in [0.5, 0.6) is 0 Å². The average molecular weight is 459 g/mol. The number of imidazole rings is 1. The molecule has 178 valence electrons. The monoisotopic (exact) mass is 458 g/mol. The fourth-order valence-electron chi connectivity index (χ4n) is 4.75. The van der Waals surface area contributed by atoms with Crippen LogP contribution in [0.3, 0.4) is 0 Å². The predicted molar refractivity (Wildman–Crippen MR) is 135 cm³/mol. The van der Waals surface area contributed by atoms with E-state index >= 15 is 0 Å². The lowest BCUT2D eigenvalue weighted by molar-refractivity contribution is -0.135. The number of carbonyl (C=O) groups excluding carboxylic acids is 2. The normalized spacial score (nSPS) is 14.1. The Bertz CT molecular complexity index is 1150. The largest absolute Gasteiger partial charge is 0.352 e. The first-order valence-electron chi connectivity index (χ1n) is 12.2. The van der Waals surface area contributed by atoms with E-state index in [1.54, 1.807) is 6.92 Å². The number of para-hydroxylation sites is 2. The summed E-state index contributed by atoms with van der Waals surface area (Å²) in [4.78, 5) is 32.5. The Morgan fingerprint density at radius 3 is 2.50 bits per heavy atom. The molecule has 1 heterocycles. The fourth-order valence-corrected chi connectivity index (χ4v) is 4.75. The molecule has 34 heavy (non-hydrogen) atoms. The van der Waals surface area contributed by atoms with E-state index in [9.17, 15) is 9.59 Å². The van der Waals surface area contributed by atoms with Gasteiger partial charge in [-0.3, -0.25) is 9.59 Å². The Kier molecular flexibility index (Phi) is 7.78. The molecule has 1 aromatic heterocycles. The molecule has 1 N–H and O–H groups in total. The summed E-state index contributed by atoms with van der Waals surface area (Å²) in [5.74, 6) is 0.760. The lowest BCUT2D eigenvalue weighted by Crippen LogP contribution is -2.42. The maximum atomic E-state index is 13.8. The average Bonchev–Trinajstić information content (AvgIpc) is 3.20. The van der Waals surface area contributed by atoms with Crippen LogP contribution >= 0.6 is 0 Å². The van der Waals surface area contributed by atoms with Gasteiger partial charge in [0, 0.05) is 31.1 Å². The van der Waals surface area contributed by atoms with Crippen molar-refractivity contribution >= 4 is 22.8 Å². The van der Waals surface area contributed by atoms with Crippen LogP contribution in [0.2, 0.25) is 0 Å². The zero-order chi connectivity index (χ0) is 23.9. The molecular weight excluding hydrogens is 424 g/mol. The lowest BCUT2D eigenvalue weighted by Gasteiger charge is -2.35. The number of hydrogen-bond acceptors (Lipinski definition) is 3. The molecule has 1 aliphatic carbocycles. The summed E-state index contributed by atoms with van der Waals surface area (Å²) in [6, 6.07) is 18.4. The Labute approximate surface area is 201 Å². The summed E-state index contributed by atoms with van der Waals surface area (Å²) in [6.07, 6.45) is 6.25. The summed E-state index contributed by atoms with van der Waals surface area (Å²) < 4.78 is 2.02. The van der Waals surface area contributed by atoms with Crippen molar-refractivity contribution in [2.45, 2.75) is 64.6 Å². The van der Waals surface area contributed by atoms with Gasteiger partial charge < -0.3 is 14.8 Å². The van der Waals surface area contributed by atoms with Crippen molar-refractivity contribution in [3.63, 3.8) is 0 Å². The summed E-state index contributed by atoms with van der Waals surface area (Å²) in [5.41, 5.74) is 3.44. The predicted octanol–water partition coefficient (Wildman–Crippen LogP) is 4.63. The quantitative estimate of drug-likeness (QED) is 0.475. The molecular formula is C28H34N4O2. The zero-order valence-electron chi connectivity index (χ0n) is 20.0. The molecule has 4 rings (SSSR count). The summed E-state index contributed by atoms with van der Waals surface area (Å²) in [7, 11) is 0. The van der Waals surface area contributed by atoms with Gasteiger partial charge in [0.15, 0.2) is 0 Å². The van der Waals surface area contributed by atoms with Gasteiger partial charge in [-0.25, -0.2) is 4.98 Å². The number of rotatable bonds is 9. The highest BCUT2D eigenvalue weighted by Gasteiger charge is 2.27. The Morgan fingerprint density at radius 2 is 1.76 bits per heavy atom. The van der Waals surface area contributed by atoms with Gasteiger partial charge in [-0.05, 0) is 37.5 Å². The first kappa shape index (κ1) is 23.7. The van der Waals surface area contributed by atoms with E-state index in [0.29, 0.717) is 25.1 Å². The molecule has 1 aliphatic rings. The molecule has 0 aliphatic heterocycles. The molecule has 0 unspecified atom stereocenters. The van der Waals surface area contributed by atoms with Crippen LogP contribution in [0.15, 0.2) is 66.7 Å². The minimum absolute atomic E-state index is 0.117.